The van der Waals surface area contributed by atoms with Gasteiger partial charge in [-0.15, -0.1) is 0 Å². The fourth-order valence-electron chi connectivity index (χ4n) is 1.60. The van der Waals surface area contributed by atoms with Crippen molar-refractivity contribution in [1.29, 1.82) is 0 Å². The van der Waals surface area contributed by atoms with Gasteiger partial charge in [0.15, 0.2) is 0 Å². The fraction of sp³-hybridized carbons (Fsp3) is 0.333. The van der Waals surface area contributed by atoms with Crippen molar-refractivity contribution in [3.8, 4) is 0 Å². The lowest BCUT2D eigenvalue weighted by atomic mass is 10.1. The number of ether oxygens (including phenoxy) is 1. The van der Waals surface area contributed by atoms with Crippen molar-refractivity contribution in [2.24, 2.45) is 0 Å². The van der Waals surface area contributed by atoms with E-state index in [1.165, 1.54) is 5.56 Å². The predicted octanol–water partition coefficient (Wildman–Crippen LogP) is 0.816. The number of carbonyl (C=O) groups excluding carboxylic acids is 2. The molecule has 1 aromatic rings. The number of nitrogens with one attached hydrogen (secondary N) is 1. The highest BCUT2D eigenvalue weighted by Gasteiger charge is 2.32. The standard InChI is InChI=1S/C12H13N2O3/c15-10-11(14-12(16)13-10)17-8-4-7-9-5-2-1-3-6-9/h1-3,5-6,11H,4,7-8H2,(H,14,16). The molecule has 1 radical (unpaired) electrons. The SMILES string of the molecule is O=C1[N]C(=O)C(OCCCc2ccccc2)N1. The molecule has 1 aliphatic rings. The Morgan fingerprint density at radius 3 is 2.65 bits per heavy atom. The van der Waals surface area contributed by atoms with Crippen LogP contribution >= 0.6 is 0 Å². The molecule has 0 saturated carbocycles. The molecular weight excluding hydrogens is 220 g/mol. The van der Waals surface area contributed by atoms with Gasteiger partial charge in [-0.3, -0.25) is 4.79 Å². The highest BCUT2D eigenvalue weighted by Crippen LogP contribution is 2.04. The summed E-state index contributed by atoms with van der Waals surface area (Å²) < 4.78 is 5.23. The van der Waals surface area contributed by atoms with Gasteiger partial charge in [0.05, 0.1) is 6.61 Å². The van der Waals surface area contributed by atoms with Gasteiger partial charge in [0.2, 0.25) is 6.23 Å². The fourth-order valence-corrected chi connectivity index (χ4v) is 1.60. The van der Waals surface area contributed by atoms with Gasteiger partial charge in [0, 0.05) is 0 Å². The Hall–Kier alpha value is -1.88. The summed E-state index contributed by atoms with van der Waals surface area (Å²) in [6.07, 6.45) is 0.787. The Balaban J connectivity index is 1.67. The zero-order chi connectivity index (χ0) is 12.1. The molecule has 1 aliphatic heterocycles. The van der Waals surface area contributed by atoms with Gasteiger partial charge in [-0.05, 0) is 18.4 Å². The Bertz CT molecular complexity index is 405. The van der Waals surface area contributed by atoms with Crippen LogP contribution in [0.4, 0.5) is 4.79 Å². The molecule has 3 amide bonds. The predicted molar refractivity (Wildman–Crippen MR) is 60.2 cm³/mol. The Morgan fingerprint density at radius 1 is 1.24 bits per heavy atom. The highest BCUT2D eigenvalue weighted by molar-refractivity contribution is 6.02. The minimum atomic E-state index is -0.890. The van der Waals surface area contributed by atoms with E-state index in [9.17, 15) is 9.59 Å². The van der Waals surface area contributed by atoms with Crippen molar-refractivity contribution in [2.45, 2.75) is 19.1 Å². The first kappa shape index (κ1) is 11.6. The average molecular weight is 233 g/mol. The van der Waals surface area contributed by atoms with Crippen LogP contribution < -0.4 is 10.6 Å². The molecule has 17 heavy (non-hydrogen) atoms. The van der Waals surface area contributed by atoms with Crippen LogP contribution in [0.25, 0.3) is 0 Å². The molecule has 1 saturated heterocycles. The zero-order valence-corrected chi connectivity index (χ0v) is 9.26. The summed E-state index contributed by atoms with van der Waals surface area (Å²) in [5, 5.41) is 5.52. The van der Waals surface area contributed by atoms with Gasteiger partial charge in [-0.25, -0.2) is 4.79 Å². The van der Waals surface area contributed by atoms with Gasteiger partial charge in [0.1, 0.15) is 0 Å². The quantitative estimate of drug-likeness (QED) is 0.604. The van der Waals surface area contributed by atoms with Crippen LogP contribution in [0.5, 0.6) is 0 Å². The van der Waals surface area contributed by atoms with E-state index < -0.39 is 18.2 Å². The monoisotopic (exact) mass is 233 g/mol. The largest absolute Gasteiger partial charge is 0.349 e. The minimum absolute atomic E-state index is 0.418. The molecule has 1 N–H and O–H groups in total. The molecule has 89 valence electrons. The van der Waals surface area contributed by atoms with E-state index in [2.05, 4.69) is 10.6 Å². The van der Waals surface area contributed by atoms with Crippen molar-refractivity contribution in [3.63, 3.8) is 0 Å². The van der Waals surface area contributed by atoms with E-state index in [1.54, 1.807) is 0 Å². The summed E-state index contributed by atoms with van der Waals surface area (Å²) >= 11 is 0. The number of amides is 3. The van der Waals surface area contributed by atoms with E-state index in [4.69, 9.17) is 4.74 Å². The van der Waals surface area contributed by atoms with E-state index in [0.717, 1.165) is 12.8 Å². The topological polar surface area (TPSA) is 69.5 Å². The summed E-state index contributed by atoms with van der Waals surface area (Å²) in [6, 6.07) is 9.39. The minimum Gasteiger partial charge on any atom is -0.349 e. The van der Waals surface area contributed by atoms with Gasteiger partial charge >= 0.3 is 6.03 Å². The summed E-state index contributed by atoms with van der Waals surface area (Å²) in [4.78, 5) is 21.8. The second kappa shape index (κ2) is 5.45. The third-order valence-electron chi connectivity index (χ3n) is 2.43. The highest BCUT2D eigenvalue weighted by atomic mass is 16.5. The van der Waals surface area contributed by atoms with Crippen LogP contribution in [0.3, 0.4) is 0 Å². The van der Waals surface area contributed by atoms with Crippen LogP contribution in [0.2, 0.25) is 0 Å². The molecule has 2 rings (SSSR count). The summed E-state index contributed by atoms with van der Waals surface area (Å²) in [6.45, 7) is 0.418. The number of nitrogens with zero attached hydrogens (tertiary/aromatic N) is 1. The van der Waals surface area contributed by atoms with Gasteiger partial charge in [-0.2, -0.15) is 5.32 Å². The zero-order valence-electron chi connectivity index (χ0n) is 9.26. The van der Waals surface area contributed by atoms with Crippen LogP contribution in [0.1, 0.15) is 12.0 Å². The molecule has 0 spiro atoms. The molecule has 1 heterocycles. The number of aryl methyl sites for hydroxylation is 1. The Morgan fingerprint density at radius 2 is 2.00 bits per heavy atom. The van der Waals surface area contributed by atoms with E-state index in [0.29, 0.717) is 6.61 Å². The number of benzene rings is 1. The molecule has 1 unspecified atom stereocenters. The third kappa shape index (κ3) is 3.29. The summed E-state index contributed by atoms with van der Waals surface area (Å²) in [5.74, 6) is -0.547. The second-order valence-corrected chi connectivity index (χ2v) is 3.74. The van der Waals surface area contributed by atoms with Crippen molar-refractivity contribution >= 4 is 11.9 Å². The smallest absolute Gasteiger partial charge is 0.346 e. The number of urea groups is 1. The first-order valence-corrected chi connectivity index (χ1v) is 5.47. The molecule has 1 aromatic carbocycles. The lowest BCUT2D eigenvalue weighted by Gasteiger charge is -2.08. The van der Waals surface area contributed by atoms with Crippen molar-refractivity contribution < 1.29 is 14.3 Å². The van der Waals surface area contributed by atoms with Crippen molar-refractivity contribution in [3.05, 3.63) is 35.9 Å². The van der Waals surface area contributed by atoms with Gasteiger partial charge < -0.3 is 10.1 Å². The lowest BCUT2D eigenvalue weighted by molar-refractivity contribution is -0.130. The average Bonchev–Trinajstić information content (AvgIpc) is 2.65. The van der Waals surface area contributed by atoms with E-state index in [-0.39, 0.29) is 0 Å². The first-order valence-electron chi connectivity index (χ1n) is 5.47. The van der Waals surface area contributed by atoms with E-state index in [1.807, 2.05) is 30.3 Å². The molecule has 5 nitrogen and oxygen atoms in total. The molecular formula is C12H13N2O3. The molecule has 0 bridgehead atoms. The number of hydrogen-bond acceptors (Lipinski definition) is 3. The maximum absolute atomic E-state index is 11.1. The van der Waals surface area contributed by atoms with Crippen LogP contribution in [0.15, 0.2) is 30.3 Å². The van der Waals surface area contributed by atoms with Crippen molar-refractivity contribution in [1.82, 2.24) is 10.6 Å². The summed E-state index contributed by atoms with van der Waals surface area (Å²) in [5.41, 5.74) is 1.22. The number of imide groups is 1. The van der Waals surface area contributed by atoms with Crippen LogP contribution in [-0.2, 0) is 16.0 Å². The normalized spacial score (nSPS) is 18.9. The molecule has 0 aromatic heterocycles. The van der Waals surface area contributed by atoms with Crippen LogP contribution in [0, 0.1) is 0 Å². The van der Waals surface area contributed by atoms with E-state index >= 15 is 0 Å². The maximum atomic E-state index is 11.1. The molecule has 5 heteroatoms. The number of hydrogen-bond donors (Lipinski definition) is 1. The van der Waals surface area contributed by atoms with Gasteiger partial charge in [0.25, 0.3) is 5.91 Å². The Labute approximate surface area is 99.2 Å². The van der Waals surface area contributed by atoms with Crippen molar-refractivity contribution in [2.75, 3.05) is 6.61 Å². The summed E-state index contributed by atoms with van der Waals surface area (Å²) in [7, 11) is 0. The van der Waals surface area contributed by atoms with Crippen LogP contribution in [-0.4, -0.2) is 24.8 Å². The number of rotatable bonds is 5. The third-order valence-corrected chi connectivity index (χ3v) is 2.43. The second-order valence-electron chi connectivity index (χ2n) is 3.74. The Kier molecular flexibility index (Phi) is 3.72. The maximum Gasteiger partial charge on any atom is 0.346 e. The van der Waals surface area contributed by atoms with Gasteiger partial charge in [-0.1, -0.05) is 30.3 Å². The number of carbonyl (C=O) groups is 2. The molecule has 0 aliphatic carbocycles. The lowest BCUT2D eigenvalue weighted by Crippen LogP contribution is -2.32. The first-order chi connectivity index (χ1) is 8.25. The molecule has 1 atom stereocenters. The molecule has 1 fully saturated rings.